The predicted molar refractivity (Wildman–Crippen MR) is 82.4 cm³/mol. The van der Waals surface area contributed by atoms with Gasteiger partial charge < -0.3 is 19.7 Å². The van der Waals surface area contributed by atoms with E-state index in [0.29, 0.717) is 12.1 Å². The quantitative estimate of drug-likeness (QED) is 0.851. The van der Waals surface area contributed by atoms with Gasteiger partial charge in [0.25, 0.3) is 0 Å². The van der Waals surface area contributed by atoms with E-state index in [9.17, 15) is 4.79 Å². The molecule has 1 atom stereocenters. The highest BCUT2D eigenvalue weighted by Gasteiger charge is 2.27. The molecule has 21 heavy (non-hydrogen) atoms. The molecule has 5 heteroatoms. The van der Waals surface area contributed by atoms with Gasteiger partial charge in [-0.1, -0.05) is 6.42 Å². The number of rotatable bonds is 2. The average Bonchev–Trinajstić information content (AvgIpc) is 2.64. The fraction of sp³-hybridized carbons (Fsp3) is 0.938. The van der Waals surface area contributed by atoms with Crippen LogP contribution in [0.15, 0.2) is 0 Å². The third-order valence-corrected chi connectivity index (χ3v) is 4.02. The number of nitrogens with zero attached hydrogens (tertiary/aromatic N) is 1. The van der Waals surface area contributed by atoms with Crippen LogP contribution in [0.2, 0.25) is 0 Å². The van der Waals surface area contributed by atoms with Crippen LogP contribution in [0.5, 0.6) is 0 Å². The molecule has 2 aliphatic rings. The summed E-state index contributed by atoms with van der Waals surface area (Å²) in [7, 11) is 0. The van der Waals surface area contributed by atoms with Crippen molar-refractivity contribution in [1.29, 1.82) is 0 Å². The van der Waals surface area contributed by atoms with Crippen LogP contribution >= 0.6 is 0 Å². The first-order valence-corrected chi connectivity index (χ1v) is 8.26. The van der Waals surface area contributed by atoms with E-state index in [1.54, 1.807) is 0 Å². The summed E-state index contributed by atoms with van der Waals surface area (Å²) in [5.41, 5.74) is -0.424. The second-order valence-electron chi connectivity index (χ2n) is 7.17. The predicted octanol–water partition coefficient (Wildman–Crippen LogP) is 2.54. The first kappa shape index (κ1) is 16.6. The first-order valence-electron chi connectivity index (χ1n) is 8.26. The molecule has 0 aromatic carbocycles. The zero-order valence-corrected chi connectivity index (χ0v) is 13.7. The fourth-order valence-corrected chi connectivity index (χ4v) is 2.97. The summed E-state index contributed by atoms with van der Waals surface area (Å²) in [5.74, 6) is 0. The molecule has 0 saturated carbocycles. The molecular weight excluding hydrogens is 268 g/mol. The lowest BCUT2D eigenvalue weighted by Gasteiger charge is -2.31. The van der Waals surface area contributed by atoms with Crippen molar-refractivity contribution >= 4 is 6.09 Å². The molecule has 0 aliphatic carbocycles. The molecule has 0 aromatic heterocycles. The van der Waals surface area contributed by atoms with Crippen molar-refractivity contribution in [2.24, 2.45) is 0 Å². The molecule has 5 nitrogen and oxygen atoms in total. The number of hydrogen-bond acceptors (Lipinski definition) is 4. The lowest BCUT2D eigenvalue weighted by molar-refractivity contribution is 0.0233. The largest absolute Gasteiger partial charge is 0.444 e. The Hall–Kier alpha value is -0.810. The summed E-state index contributed by atoms with van der Waals surface area (Å²) in [4.78, 5) is 14.1. The Balaban J connectivity index is 1.86. The highest BCUT2D eigenvalue weighted by atomic mass is 16.6. The number of amides is 1. The van der Waals surface area contributed by atoms with E-state index < -0.39 is 5.60 Å². The Labute approximate surface area is 128 Å². The topological polar surface area (TPSA) is 50.8 Å². The maximum atomic E-state index is 12.3. The van der Waals surface area contributed by atoms with Crippen LogP contribution in [0.1, 0.15) is 52.9 Å². The van der Waals surface area contributed by atoms with Crippen molar-refractivity contribution < 1.29 is 14.3 Å². The lowest BCUT2D eigenvalue weighted by atomic mass is 10.1. The Morgan fingerprint density at radius 2 is 1.86 bits per heavy atom. The smallest absolute Gasteiger partial charge is 0.410 e. The zero-order valence-electron chi connectivity index (χ0n) is 13.7. The van der Waals surface area contributed by atoms with Crippen LogP contribution in [0.25, 0.3) is 0 Å². The van der Waals surface area contributed by atoms with Gasteiger partial charge in [0.1, 0.15) is 5.60 Å². The maximum absolute atomic E-state index is 12.3. The normalized spacial score (nSPS) is 25.5. The van der Waals surface area contributed by atoms with Crippen molar-refractivity contribution in [1.82, 2.24) is 10.2 Å². The van der Waals surface area contributed by atoms with E-state index in [-0.39, 0.29) is 6.09 Å². The Morgan fingerprint density at radius 3 is 2.52 bits per heavy atom. The van der Waals surface area contributed by atoms with Crippen molar-refractivity contribution in [3.8, 4) is 0 Å². The van der Waals surface area contributed by atoms with Gasteiger partial charge in [0.15, 0.2) is 0 Å². The van der Waals surface area contributed by atoms with Gasteiger partial charge in [0, 0.05) is 38.4 Å². The summed E-state index contributed by atoms with van der Waals surface area (Å²) >= 11 is 0. The van der Waals surface area contributed by atoms with Gasteiger partial charge in [-0.05, 0) is 46.5 Å². The minimum absolute atomic E-state index is 0.178. The molecule has 2 fully saturated rings. The van der Waals surface area contributed by atoms with Gasteiger partial charge >= 0.3 is 6.09 Å². The van der Waals surface area contributed by atoms with Crippen LogP contribution in [-0.2, 0) is 9.47 Å². The van der Waals surface area contributed by atoms with E-state index in [2.05, 4.69) is 5.32 Å². The van der Waals surface area contributed by atoms with Crippen LogP contribution in [-0.4, -0.2) is 55.0 Å². The monoisotopic (exact) mass is 298 g/mol. The maximum Gasteiger partial charge on any atom is 0.410 e. The number of hydrogen-bond donors (Lipinski definition) is 1. The molecule has 0 bridgehead atoms. The molecule has 2 heterocycles. The Kier molecular flexibility index (Phi) is 5.88. The first-order chi connectivity index (χ1) is 9.94. The van der Waals surface area contributed by atoms with Crippen molar-refractivity contribution in [3.05, 3.63) is 0 Å². The molecule has 122 valence electrons. The molecule has 0 spiro atoms. The average molecular weight is 298 g/mol. The Bertz CT molecular complexity index is 335. The van der Waals surface area contributed by atoms with Crippen molar-refractivity contribution in [2.75, 3.05) is 26.3 Å². The second kappa shape index (κ2) is 7.45. The lowest BCUT2D eigenvalue weighted by Crippen LogP contribution is -2.48. The number of carbonyl (C=O) groups excluding carboxylic acids is 1. The van der Waals surface area contributed by atoms with Gasteiger partial charge in [-0.25, -0.2) is 4.79 Å². The van der Waals surface area contributed by atoms with E-state index in [4.69, 9.17) is 9.47 Å². The van der Waals surface area contributed by atoms with Gasteiger partial charge in [0.05, 0.1) is 0 Å². The number of likely N-dealkylation sites (tertiary alicyclic amines) is 1. The van der Waals surface area contributed by atoms with E-state index in [0.717, 1.165) is 52.0 Å². The van der Waals surface area contributed by atoms with E-state index >= 15 is 0 Å². The summed E-state index contributed by atoms with van der Waals surface area (Å²) in [6.07, 6.45) is 5.33. The van der Waals surface area contributed by atoms with Gasteiger partial charge in [-0.15, -0.1) is 0 Å². The molecule has 2 rings (SSSR count). The minimum atomic E-state index is -0.424. The van der Waals surface area contributed by atoms with Gasteiger partial charge in [-0.3, -0.25) is 0 Å². The summed E-state index contributed by atoms with van der Waals surface area (Å²) in [5, 5.41) is 3.72. The SMILES string of the molecule is CC(C)(C)OC(=O)N1CCCCC(NC2CCOCC2)C1. The van der Waals surface area contributed by atoms with Gasteiger partial charge in [-0.2, -0.15) is 0 Å². The third kappa shape index (κ3) is 5.83. The van der Waals surface area contributed by atoms with Crippen LogP contribution in [0.3, 0.4) is 0 Å². The molecule has 2 aliphatic heterocycles. The minimum Gasteiger partial charge on any atom is -0.444 e. The number of nitrogens with one attached hydrogen (secondary N) is 1. The molecular formula is C16H30N2O3. The van der Waals surface area contributed by atoms with Crippen molar-refractivity contribution in [3.63, 3.8) is 0 Å². The zero-order chi connectivity index (χ0) is 15.3. The van der Waals surface area contributed by atoms with Crippen LogP contribution in [0, 0.1) is 0 Å². The summed E-state index contributed by atoms with van der Waals surface area (Å²) in [6.45, 7) is 9.01. The summed E-state index contributed by atoms with van der Waals surface area (Å²) in [6, 6.07) is 0.908. The highest BCUT2D eigenvalue weighted by Crippen LogP contribution is 2.17. The fourth-order valence-electron chi connectivity index (χ4n) is 2.97. The molecule has 0 radical (unpaired) electrons. The number of carbonyl (C=O) groups is 1. The highest BCUT2D eigenvalue weighted by molar-refractivity contribution is 5.68. The summed E-state index contributed by atoms with van der Waals surface area (Å²) < 4.78 is 10.9. The van der Waals surface area contributed by atoms with Gasteiger partial charge in [0.2, 0.25) is 0 Å². The molecule has 1 N–H and O–H groups in total. The third-order valence-electron chi connectivity index (χ3n) is 4.02. The Morgan fingerprint density at radius 1 is 1.14 bits per heavy atom. The van der Waals surface area contributed by atoms with Crippen LogP contribution in [0.4, 0.5) is 4.79 Å². The molecule has 0 aromatic rings. The molecule has 1 unspecified atom stereocenters. The molecule has 2 saturated heterocycles. The molecule has 1 amide bonds. The van der Waals surface area contributed by atoms with Crippen LogP contribution < -0.4 is 5.32 Å². The van der Waals surface area contributed by atoms with Crippen molar-refractivity contribution in [2.45, 2.75) is 70.6 Å². The van der Waals surface area contributed by atoms with E-state index in [1.165, 1.54) is 6.42 Å². The number of ether oxygens (including phenoxy) is 2. The standard InChI is InChI=1S/C16H30N2O3/c1-16(2,3)21-15(19)18-9-5-4-6-14(12-18)17-13-7-10-20-11-8-13/h13-14,17H,4-12H2,1-3H3. The van der Waals surface area contributed by atoms with E-state index in [1.807, 2.05) is 25.7 Å². The second-order valence-corrected chi connectivity index (χ2v) is 7.17.